The first-order chi connectivity index (χ1) is 16.2. The molecule has 0 fully saturated rings. The molecule has 34 heavy (non-hydrogen) atoms. The predicted octanol–water partition coefficient (Wildman–Crippen LogP) is 2.69. The smallest absolute Gasteiger partial charge is 0.213 e. The molecule has 3 aromatic rings. The molecule has 0 radical (unpaired) electrons. The van der Waals surface area contributed by atoms with Crippen molar-refractivity contribution in [2.45, 2.75) is 37.0 Å². The molecule has 3 rings (SSSR count). The van der Waals surface area contributed by atoms with Crippen molar-refractivity contribution >= 4 is 21.4 Å². The third kappa shape index (κ3) is 5.69. The van der Waals surface area contributed by atoms with E-state index in [1.807, 2.05) is 6.92 Å². The first kappa shape index (κ1) is 25.9. The summed E-state index contributed by atoms with van der Waals surface area (Å²) in [4.78, 5) is 12.7. The van der Waals surface area contributed by atoms with Gasteiger partial charge in [0, 0.05) is 32.7 Å². The molecule has 3 heterocycles. The Bertz CT molecular complexity index is 1200. The minimum atomic E-state index is -3.78. The van der Waals surface area contributed by atoms with Crippen LogP contribution in [0.3, 0.4) is 0 Å². The van der Waals surface area contributed by atoms with Crippen LogP contribution in [0, 0.1) is 0 Å². The van der Waals surface area contributed by atoms with Crippen molar-refractivity contribution in [3.8, 4) is 17.4 Å². The average Bonchev–Trinajstić information content (AvgIpc) is 3.23. The molecule has 0 aliphatic carbocycles. The fourth-order valence-corrected chi connectivity index (χ4v) is 5.03. The second-order valence-corrected chi connectivity index (χ2v) is 10.4. The second kappa shape index (κ2) is 11.2. The largest absolute Gasteiger partial charge is 0.481 e. The zero-order valence-corrected chi connectivity index (χ0v) is 21.1. The topological polar surface area (TPSA) is 131 Å². The molecule has 11 nitrogen and oxygen atoms in total. The lowest BCUT2D eigenvalue weighted by Crippen LogP contribution is -2.30. The molecule has 184 valence electrons. The molecule has 0 unspecified atom stereocenters. The summed E-state index contributed by atoms with van der Waals surface area (Å²) in [5.74, 6) is 0.902. The van der Waals surface area contributed by atoms with E-state index in [9.17, 15) is 8.42 Å². The number of aromatic nitrogens is 6. The molecule has 0 aliphatic heterocycles. The maximum Gasteiger partial charge on any atom is 0.213 e. The van der Waals surface area contributed by atoms with Crippen LogP contribution in [0.1, 0.15) is 37.6 Å². The highest BCUT2D eigenvalue weighted by Crippen LogP contribution is 2.28. The van der Waals surface area contributed by atoms with E-state index in [-0.39, 0.29) is 23.4 Å². The van der Waals surface area contributed by atoms with E-state index in [1.165, 1.54) is 26.6 Å². The van der Waals surface area contributed by atoms with Crippen molar-refractivity contribution in [1.82, 2.24) is 29.7 Å². The zero-order chi connectivity index (χ0) is 24.9. The summed E-state index contributed by atoms with van der Waals surface area (Å²) in [6.07, 6.45) is 1.90. The van der Waals surface area contributed by atoms with Gasteiger partial charge >= 0.3 is 0 Å². The number of halogens is 1. The van der Waals surface area contributed by atoms with Gasteiger partial charge < -0.3 is 18.8 Å². The number of hydrogen-bond acceptors (Lipinski definition) is 10. The molecule has 0 aromatic carbocycles. The van der Waals surface area contributed by atoms with Crippen LogP contribution in [-0.2, 0) is 25.1 Å². The van der Waals surface area contributed by atoms with Crippen LogP contribution in [0.5, 0.6) is 5.88 Å². The van der Waals surface area contributed by atoms with Gasteiger partial charge in [0.15, 0.2) is 21.5 Å². The number of ether oxygens (including phenoxy) is 3. The Kier molecular flexibility index (Phi) is 8.52. The summed E-state index contributed by atoms with van der Waals surface area (Å²) >= 11 is 5.86. The summed E-state index contributed by atoms with van der Waals surface area (Å²) in [5.41, 5.74) is 0.496. The Morgan fingerprint density at radius 2 is 1.79 bits per heavy atom. The SMILES string of the molecule is COC[C@H](C)n1c(CS(=O)(=O)[C@@H](C)[C@H](OC)c2ncc(Cl)cn2)nnc1-c1cccc(OC)n1. The number of methoxy groups -OCH3 is 3. The first-order valence-electron chi connectivity index (χ1n) is 10.4. The molecule has 0 saturated heterocycles. The van der Waals surface area contributed by atoms with Crippen molar-refractivity contribution in [2.75, 3.05) is 27.9 Å². The number of rotatable bonds is 11. The highest BCUT2D eigenvalue weighted by molar-refractivity contribution is 7.91. The van der Waals surface area contributed by atoms with E-state index in [0.29, 0.717) is 29.0 Å². The van der Waals surface area contributed by atoms with Gasteiger partial charge in [0.25, 0.3) is 0 Å². The Morgan fingerprint density at radius 3 is 2.41 bits per heavy atom. The van der Waals surface area contributed by atoms with E-state index < -0.39 is 21.2 Å². The highest BCUT2D eigenvalue weighted by Gasteiger charge is 2.35. The van der Waals surface area contributed by atoms with Gasteiger partial charge in [0.2, 0.25) is 5.88 Å². The van der Waals surface area contributed by atoms with Gasteiger partial charge in [0.1, 0.15) is 23.4 Å². The van der Waals surface area contributed by atoms with E-state index in [2.05, 4.69) is 25.1 Å². The van der Waals surface area contributed by atoms with E-state index in [1.54, 1.807) is 36.8 Å². The van der Waals surface area contributed by atoms with Crippen LogP contribution in [-0.4, -0.2) is 71.3 Å². The summed E-state index contributed by atoms with van der Waals surface area (Å²) in [6.45, 7) is 3.75. The molecule has 0 spiro atoms. The molecule has 0 N–H and O–H groups in total. The molecule has 3 aromatic heterocycles. The maximum atomic E-state index is 13.4. The van der Waals surface area contributed by atoms with E-state index in [4.69, 9.17) is 25.8 Å². The lowest BCUT2D eigenvalue weighted by molar-refractivity contribution is 0.0948. The van der Waals surface area contributed by atoms with Crippen LogP contribution in [0.2, 0.25) is 5.02 Å². The summed E-state index contributed by atoms with van der Waals surface area (Å²) in [7, 11) is 0.706. The van der Waals surface area contributed by atoms with Gasteiger partial charge in [-0.1, -0.05) is 17.7 Å². The molecule has 0 saturated carbocycles. The van der Waals surface area contributed by atoms with Gasteiger partial charge in [-0.05, 0) is 19.9 Å². The molecular formula is C21H27ClN6O5S. The van der Waals surface area contributed by atoms with Crippen molar-refractivity contribution in [3.63, 3.8) is 0 Å². The van der Waals surface area contributed by atoms with Crippen LogP contribution in [0.15, 0.2) is 30.6 Å². The summed E-state index contributed by atoms with van der Waals surface area (Å²) in [5, 5.41) is 7.81. The molecule has 0 bridgehead atoms. The number of sulfone groups is 1. The van der Waals surface area contributed by atoms with Crippen LogP contribution < -0.4 is 4.74 Å². The highest BCUT2D eigenvalue weighted by atomic mass is 35.5. The summed E-state index contributed by atoms with van der Waals surface area (Å²) in [6, 6.07) is 4.97. The van der Waals surface area contributed by atoms with Crippen molar-refractivity contribution in [3.05, 3.63) is 47.3 Å². The Morgan fingerprint density at radius 1 is 1.09 bits per heavy atom. The van der Waals surface area contributed by atoms with Crippen LogP contribution >= 0.6 is 11.6 Å². The second-order valence-electron chi connectivity index (χ2n) is 7.61. The van der Waals surface area contributed by atoms with E-state index in [0.717, 1.165) is 0 Å². The minimum Gasteiger partial charge on any atom is -0.481 e. The van der Waals surface area contributed by atoms with Gasteiger partial charge in [-0.15, -0.1) is 10.2 Å². The van der Waals surface area contributed by atoms with Gasteiger partial charge in [-0.3, -0.25) is 0 Å². The molecule has 3 atom stereocenters. The van der Waals surface area contributed by atoms with Crippen LogP contribution in [0.4, 0.5) is 0 Å². The van der Waals surface area contributed by atoms with Gasteiger partial charge in [0.05, 0.1) is 30.0 Å². The molecule has 0 amide bonds. The Hall–Kier alpha value is -2.67. The average molecular weight is 511 g/mol. The number of nitrogens with zero attached hydrogens (tertiary/aromatic N) is 6. The maximum absolute atomic E-state index is 13.4. The Balaban J connectivity index is 1.98. The van der Waals surface area contributed by atoms with E-state index >= 15 is 0 Å². The summed E-state index contributed by atoms with van der Waals surface area (Å²) < 4.78 is 44.5. The fraction of sp³-hybridized carbons (Fsp3) is 0.476. The lowest BCUT2D eigenvalue weighted by Gasteiger charge is -2.22. The third-order valence-electron chi connectivity index (χ3n) is 5.25. The predicted molar refractivity (Wildman–Crippen MR) is 125 cm³/mol. The molecular weight excluding hydrogens is 484 g/mol. The zero-order valence-electron chi connectivity index (χ0n) is 19.5. The van der Waals surface area contributed by atoms with Crippen molar-refractivity contribution in [1.29, 1.82) is 0 Å². The van der Waals surface area contributed by atoms with Gasteiger partial charge in [-0.25, -0.2) is 23.4 Å². The quantitative estimate of drug-likeness (QED) is 0.379. The van der Waals surface area contributed by atoms with Crippen molar-refractivity contribution in [2.24, 2.45) is 0 Å². The normalized spacial score (nSPS) is 14.5. The Labute approximate surface area is 203 Å². The standard InChI is InChI=1S/C21H27ClN6O5S/c1-13(11-31-3)28-17(26-27-21(28)16-7-6-8-18(25-16)32-4)12-34(29,30)14(2)19(33-5)20-23-9-15(22)10-24-20/h6-10,13-14,19H,11-12H2,1-5H3/t13-,14-,19-/m0/s1. The molecule has 13 heteroatoms. The molecule has 0 aliphatic rings. The van der Waals surface area contributed by atoms with Crippen LogP contribution in [0.25, 0.3) is 11.5 Å². The monoisotopic (exact) mass is 510 g/mol. The number of pyridine rings is 1. The van der Waals surface area contributed by atoms with Gasteiger partial charge in [-0.2, -0.15) is 0 Å². The minimum absolute atomic E-state index is 0.221. The fourth-order valence-electron chi connectivity index (χ4n) is 3.50. The third-order valence-corrected chi connectivity index (χ3v) is 7.48. The lowest BCUT2D eigenvalue weighted by atomic mass is 10.2. The van der Waals surface area contributed by atoms with Crippen molar-refractivity contribution < 1.29 is 22.6 Å². The number of hydrogen-bond donors (Lipinski definition) is 0. The first-order valence-corrected chi connectivity index (χ1v) is 12.5.